The van der Waals surface area contributed by atoms with Gasteiger partial charge in [-0.3, -0.25) is 0 Å². The zero-order valence-electron chi connectivity index (χ0n) is 20.8. The highest BCUT2D eigenvalue weighted by atomic mass is 19.4. The number of anilines is 1. The fraction of sp³-hybridized carbons (Fsp3) is 0.333. The quantitative estimate of drug-likeness (QED) is 0.299. The normalized spacial score (nSPS) is 12.3. The van der Waals surface area contributed by atoms with E-state index >= 15 is 0 Å². The minimum atomic E-state index is -4.98. The number of hydrogen-bond donors (Lipinski definition) is 1. The van der Waals surface area contributed by atoms with E-state index in [0.717, 1.165) is 11.6 Å². The van der Waals surface area contributed by atoms with Crippen LogP contribution in [0.2, 0.25) is 0 Å². The Labute approximate surface area is 215 Å². The molecule has 0 atom stereocenters. The van der Waals surface area contributed by atoms with Gasteiger partial charge in [-0.05, 0) is 74.7 Å². The van der Waals surface area contributed by atoms with Crippen molar-refractivity contribution in [3.05, 3.63) is 88.6 Å². The van der Waals surface area contributed by atoms with Gasteiger partial charge in [-0.1, -0.05) is 24.3 Å². The van der Waals surface area contributed by atoms with E-state index in [2.05, 4.69) is 4.98 Å². The van der Waals surface area contributed by atoms with Gasteiger partial charge in [0.1, 0.15) is 11.6 Å². The number of halogens is 6. The topological polar surface area (TPSA) is 62.7 Å². The van der Waals surface area contributed by atoms with Crippen LogP contribution in [0, 0.1) is 6.92 Å². The maximum atomic E-state index is 13.7. The highest BCUT2D eigenvalue weighted by molar-refractivity contribution is 5.76. The number of aliphatic carboxylic acids is 1. The number of rotatable bonds is 9. The van der Waals surface area contributed by atoms with Crippen molar-refractivity contribution in [2.75, 3.05) is 11.4 Å². The molecule has 0 unspecified atom stereocenters. The summed E-state index contributed by atoms with van der Waals surface area (Å²) < 4.78 is 86.0. The molecule has 1 aromatic heterocycles. The number of aromatic nitrogens is 1. The van der Waals surface area contributed by atoms with Crippen LogP contribution < -0.4 is 9.64 Å². The largest absolute Gasteiger partial charge is 0.478 e. The van der Waals surface area contributed by atoms with Gasteiger partial charge < -0.3 is 14.7 Å². The van der Waals surface area contributed by atoms with Gasteiger partial charge >= 0.3 is 18.3 Å². The first-order valence-electron chi connectivity index (χ1n) is 11.5. The predicted molar refractivity (Wildman–Crippen MR) is 129 cm³/mol. The molecule has 0 spiro atoms. The van der Waals surface area contributed by atoms with Crippen LogP contribution in [0.15, 0.2) is 60.7 Å². The van der Waals surface area contributed by atoms with E-state index in [1.165, 1.54) is 13.8 Å². The van der Waals surface area contributed by atoms with Crippen molar-refractivity contribution in [2.24, 2.45) is 0 Å². The summed E-state index contributed by atoms with van der Waals surface area (Å²) in [7, 11) is 0. The lowest BCUT2D eigenvalue weighted by Crippen LogP contribution is -2.37. The van der Waals surface area contributed by atoms with Crippen molar-refractivity contribution in [2.45, 2.75) is 51.7 Å². The Morgan fingerprint density at radius 1 is 0.947 bits per heavy atom. The van der Waals surface area contributed by atoms with Gasteiger partial charge in [0.05, 0.1) is 11.1 Å². The Bertz CT molecular complexity index is 1270. The number of nitrogens with zero attached hydrogens (tertiary/aromatic N) is 2. The summed E-state index contributed by atoms with van der Waals surface area (Å²) in [5.74, 6) is -0.427. The summed E-state index contributed by atoms with van der Waals surface area (Å²) in [6, 6.07) is 13.2. The summed E-state index contributed by atoms with van der Waals surface area (Å²) in [5, 5.41) is 9.21. The molecule has 1 heterocycles. The molecule has 11 heteroatoms. The predicted octanol–water partition coefficient (Wildman–Crippen LogP) is 6.92. The molecule has 0 saturated heterocycles. The third-order valence-corrected chi connectivity index (χ3v) is 5.78. The molecule has 3 aromatic rings. The van der Waals surface area contributed by atoms with Gasteiger partial charge in [0.15, 0.2) is 5.60 Å². The fourth-order valence-electron chi connectivity index (χ4n) is 3.67. The highest BCUT2D eigenvalue weighted by Crippen LogP contribution is 2.38. The molecule has 0 radical (unpaired) electrons. The van der Waals surface area contributed by atoms with E-state index in [-0.39, 0.29) is 24.7 Å². The molecule has 0 aliphatic carbocycles. The smallest absolute Gasteiger partial charge is 0.416 e. The molecule has 0 aliphatic rings. The first-order valence-corrected chi connectivity index (χ1v) is 11.5. The van der Waals surface area contributed by atoms with Crippen LogP contribution >= 0.6 is 0 Å². The second-order valence-electron chi connectivity index (χ2n) is 9.24. The first-order chi connectivity index (χ1) is 17.6. The van der Waals surface area contributed by atoms with E-state index in [1.807, 2.05) is 0 Å². The Balaban J connectivity index is 1.87. The molecule has 0 amide bonds. The fourth-order valence-corrected chi connectivity index (χ4v) is 3.67. The molecule has 204 valence electrons. The lowest BCUT2D eigenvalue weighted by Gasteiger charge is -2.26. The van der Waals surface area contributed by atoms with Gasteiger partial charge in [0.2, 0.25) is 0 Å². The number of aryl methyl sites for hydroxylation is 1. The maximum Gasteiger partial charge on any atom is 0.416 e. The van der Waals surface area contributed by atoms with Crippen molar-refractivity contribution in [3.8, 4) is 5.75 Å². The van der Waals surface area contributed by atoms with Crippen molar-refractivity contribution < 1.29 is 41.0 Å². The molecular weight excluding hydrogens is 514 g/mol. The number of carboxylic acid groups (broad SMARTS) is 1. The first kappa shape index (κ1) is 28.8. The van der Waals surface area contributed by atoms with Crippen LogP contribution in [-0.4, -0.2) is 28.2 Å². The average molecular weight is 541 g/mol. The molecule has 0 fully saturated rings. The third kappa shape index (κ3) is 7.39. The average Bonchev–Trinajstić information content (AvgIpc) is 2.81. The van der Waals surface area contributed by atoms with Crippen molar-refractivity contribution in [1.29, 1.82) is 0 Å². The molecule has 3 rings (SSSR count). The Hall–Kier alpha value is -3.76. The minimum Gasteiger partial charge on any atom is -0.478 e. The minimum absolute atomic E-state index is 0.133. The van der Waals surface area contributed by atoms with Crippen molar-refractivity contribution in [1.82, 2.24) is 4.98 Å². The molecule has 0 aliphatic heterocycles. The van der Waals surface area contributed by atoms with E-state index in [9.17, 15) is 36.2 Å². The molecule has 0 bridgehead atoms. The summed E-state index contributed by atoms with van der Waals surface area (Å²) in [4.78, 5) is 17.2. The molecule has 0 saturated carbocycles. The zero-order valence-corrected chi connectivity index (χ0v) is 20.8. The van der Waals surface area contributed by atoms with Crippen molar-refractivity contribution in [3.63, 3.8) is 0 Å². The Morgan fingerprint density at radius 3 is 2.16 bits per heavy atom. The summed E-state index contributed by atoms with van der Waals surface area (Å²) >= 11 is 0. The number of alkyl halides is 6. The number of hydrogen-bond acceptors (Lipinski definition) is 4. The molecular formula is C27H26F6N2O3. The van der Waals surface area contributed by atoms with Gasteiger partial charge in [0.25, 0.3) is 0 Å². The number of ether oxygens (including phenoxy) is 1. The molecule has 5 nitrogen and oxygen atoms in total. The summed E-state index contributed by atoms with van der Waals surface area (Å²) in [5.41, 5.74) is -3.07. The number of benzene rings is 2. The SMILES string of the molecule is Cc1cccc(N(CCc2ccc(OC(C)(C)C(=O)O)cc2)Cc2ccc(C(F)(F)F)cc2C(F)(F)F)n1. The number of carbonyl (C=O) groups is 1. The summed E-state index contributed by atoms with van der Waals surface area (Å²) in [6.45, 7) is 4.42. The third-order valence-electron chi connectivity index (χ3n) is 5.78. The second kappa shape index (κ2) is 10.9. The summed E-state index contributed by atoms with van der Waals surface area (Å²) in [6.07, 6.45) is -9.53. The molecule has 38 heavy (non-hydrogen) atoms. The van der Waals surface area contributed by atoms with Crippen LogP contribution in [0.5, 0.6) is 5.75 Å². The standard InChI is InChI=1S/C27H26F6N2O3/c1-17-5-4-6-23(34-17)35(14-13-18-7-11-21(12-8-18)38-25(2,3)24(36)37)16-19-9-10-20(26(28,29)30)15-22(19)27(31,32)33/h4-12,15H,13-14,16H2,1-3H3,(H,36,37). The van der Waals surface area contributed by atoms with E-state index < -0.39 is 35.0 Å². The van der Waals surface area contributed by atoms with Crippen molar-refractivity contribution >= 4 is 11.8 Å². The maximum absolute atomic E-state index is 13.7. The lowest BCUT2D eigenvalue weighted by molar-refractivity contribution is -0.152. The van der Waals surface area contributed by atoms with Gasteiger partial charge in [-0.25, -0.2) is 9.78 Å². The van der Waals surface area contributed by atoms with Crippen LogP contribution in [0.1, 0.15) is 41.8 Å². The van der Waals surface area contributed by atoms with E-state index in [0.29, 0.717) is 29.7 Å². The Morgan fingerprint density at radius 2 is 1.61 bits per heavy atom. The zero-order chi connectivity index (χ0) is 28.3. The van der Waals surface area contributed by atoms with Crippen LogP contribution in [0.25, 0.3) is 0 Å². The van der Waals surface area contributed by atoms with Gasteiger partial charge in [0, 0.05) is 18.8 Å². The number of carboxylic acids is 1. The van der Waals surface area contributed by atoms with Gasteiger partial charge in [-0.2, -0.15) is 26.3 Å². The van der Waals surface area contributed by atoms with E-state index in [1.54, 1.807) is 54.3 Å². The molecule has 2 aromatic carbocycles. The Kier molecular flexibility index (Phi) is 8.28. The highest BCUT2D eigenvalue weighted by Gasteiger charge is 2.38. The number of pyridine rings is 1. The van der Waals surface area contributed by atoms with Crippen LogP contribution in [-0.2, 0) is 30.1 Å². The van der Waals surface area contributed by atoms with Crippen LogP contribution in [0.4, 0.5) is 32.2 Å². The second-order valence-corrected chi connectivity index (χ2v) is 9.24. The lowest BCUT2D eigenvalue weighted by atomic mass is 10.0. The van der Waals surface area contributed by atoms with Gasteiger partial charge in [-0.15, -0.1) is 0 Å². The van der Waals surface area contributed by atoms with Crippen LogP contribution in [0.3, 0.4) is 0 Å². The van der Waals surface area contributed by atoms with E-state index in [4.69, 9.17) is 4.74 Å². The monoisotopic (exact) mass is 540 g/mol. The molecule has 1 N–H and O–H groups in total.